The van der Waals surface area contributed by atoms with Crippen molar-refractivity contribution in [3.8, 4) is 0 Å². The maximum absolute atomic E-state index is 3.65. The summed E-state index contributed by atoms with van der Waals surface area (Å²) in [5.74, 6) is 0.0486. The zero-order valence-electron chi connectivity index (χ0n) is 42.8. The van der Waals surface area contributed by atoms with E-state index >= 15 is 0 Å². The number of nitrogens with zero attached hydrogens (tertiary/aromatic N) is 3. The van der Waals surface area contributed by atoms with Crippen LogP contribution in [0.1, 0.15) is 70.2 Å². The van der Waals surface area contributed by atoms with Crippen LogP contribution in [0.3, 0.4) is 0 Å². The van der Waals surface area contributed by atoms with E-state index in [-0.39, 0.29) is 11.8 Å². The Morgan fingerprint density at radius 1 is 0.351 bits per heavy atom. The number of hydrogen-bond acceptors (Lipinski definition) is 3. The van der Waals surface area contributed by atoms with Crippen LogP contribution in [-0.4, -0.2) is 16.2 Å². The summed E-state index contributed by atoms with van der Waals surface area (Å²) >= 11 is 0. The summed E-state index contributed by atoms with van der Waals surface area (Å²) < 4.78 is 4.86. The second kappa shape index (κ2) is 19.7. The molecule has 0 amide bonds. The standard InChI is InChI=1S/C69H61N5/c1-6-73-64-22-14-10-18-58(64)60-44-52(32-42-66(60)73)68(48-24-34-54(35-25-48)70-62-20-12-8-16-46(62)3)50-28-38-56(39-29-50)72(5)57-40-30-51(31-41-57)69(49-26-36-55(37-27-49)71-63-21-13-9-17-47(63)4)53-33-43-67-61(45-53)59-19-11-15-23-65(59)74(67)7-2/h8-45,68-71H,6-7H2,1-5H3. The fourth-order valence-electron chi connectivity index (χ4n) is 11.5. The Morgan fingerprint density at radius 2 is 0.676 bits per heavy atom. The van der Waals surface area contributed by atoms with Crippen LogP contribution in [-0.2, 0) is 13.1 Å². The smallest absolute Gasteiger partial charge is 0.0491 e. The Bertz CT molecular complexity index is 3690. The summed E-state index contributed by atoms with van der Waals surface area (Å²) in [6.45, 7) is 10.6. The van der Waals surface area contributed by atoms with Gasteiger partial charge in [0, 0.05) is 110 Å². The SMILES string of the molecule is CCn1c2ccccc2c2cc(C(c3ccc(Nc4ccccc4C)cc3)c3ccc(N(C)c4ccc(C(c5ccc(Nc6ccccc6C)cc5)c5ccc6c(c5)c5ccccc5n6CC)cc4)cc3)ccc21. The van der Waals surface area contributed by atoms with Gasteiger partial charge in [-0.25, -0.2) is 0 Å². The predicted molar refractivity (Wildman–Crippen MR) is 315 cm³/mol. The molecule has 2 atom stereocenters. The second-order valence-electron chi connectivity index (χ2n) is 19.8. The molecule has 0 saturated carbocycles. The molecule has 74 heavy (non-hydrogen) atoms. The fraction of sp³-hybridized carbons (Fsp3) is 0.130. The number of aromatic nitrogens is 2. The van der Waals surface area contributed by atoms with Crippen LogP contribution in [0.4, 0.5) is 34.1 Å². The Hall–Kier alpha value is -8.80. The first-order valence-corrected chi connectivity index (χ1v) is 26.1. The Labute approximate surface area is 435 Å². The molecule has 0 aliphatic heterocycles. The molecular formula is C69H61N5. The van der Waals surface area contributed by atoms with Crippen molar-refractivity contribution in [2.24, 2.45) is 0 Å². The first-order chi connectivity index (χ1) is 36.3. The molecule has 0 bridgehead atoms. The van der Waals surface area contributed by atoms with Crippen molar-refractivity contribution in [3.63, 3.8) is 0 Å². The molecule has 2 N–H and O–H groups in total. The molecule has 12 rings (SSSR count). The number of para-hydroxylation sites is 4. The van der Waals surface area contributed by atoms with E-state index < -0.39 is 0 Å². The topological polar surface area (TPSA) is 37.2 Å². The predicted octanol–water partition coefficient (Wildman–Crippen LogP) is 18.2. The quantitative estimate of drug-likeness (QED) is 0.107. The zero-order chi connectivity index (χ0) is 50.3. The number of nitrogens with one attached hydrogen (secondary N) is 2. The Kier molecular flexibility index (Phi) is 12.3. The van der Waals surface area contributed by atoms with Crippen LogP contribution in [0.2, 0.25) is 0 Å². The Balaban J connectivity index is 0.875. The first kappa shape index (κ1) is 46.3. The van der Waals surface area contributed by atoms with Gasteiger partial charge in [0.1, 0.15) is 0 Å². The molecule has 12 aromatic rings. The third-order valence-electron chi connectivity index (χ3n) is 15.5. The normalized spacial score (nSPS) is 12.4. The van der Waals surface area contributed by atoms with Crippen LogP contribution < -0.4 is 15.5 Å². The molecule has 0 fully saturated rings. The lowest BCUT2D eigenvalue weighted by Crippen LogP contribution is -2.11. The number of fused-ring (bicyclic) bond motifs is 6. The molecular weight excluding hydrogens is 899 g/mol. The monoisotopic (exact) mass is 959 g/mol. The van der Waals surface area contributed by atoms with Gasteiger partial charge >= 0.3 is 0 Å². The van der Waals surface area contributed by atoms with Gasteiger partial charge in [-0.2, -0.15) is 0 Å². The lowest BCUT2D eigenvalue weighted by Gasteiger charge is -2.24. The van der Waals surface area contributed by atoms with Crippen LogP contribution in [0, 0.1) is 13.8 Å². The molecule has 5 heteroatoms. The summed E-state index contributed by atoms with van der Waals surface area (Å²) in [5, 5.41) is 12.5. The van der Waals surface area contributed by atoms with E-state index in [0.29, 0.717) is 0 Å². The highest BCUT2D eigenvalue weighted by molar-refractivity contribution is 6.09. The van der Waals surface area contributed by atoms with E-state index in [0.717, 1.165) is 47.2 Å². The van der Waals surface area contributed by atoms with Crippen LogP contribution >= 0.6 is 0 Å². The maximum Gasteiger partial charge on any atom is 0.0491 e. The maximum atomic E-state index is 3.65. The van der Waals surface area contributed by atoms with Crippen molar-refractivity contribution in [1.82, 2.24) is 9.13 Å². The molecule has 0 aliphatic rings. The molecule has 2 unspecified atom stereocenters. The minimum absolute atomic E-state index is 0.0243. The van der Waals surface area contributed by atoms with Crippen molar-refractivity contribution < 1.29 is 0 Å². The molecule has 2 aromatic heterocycles. The Morgan fingerprint density at radius 3 is 1.05 bits per heavy atom. The van der Waals surface area contributed by atoms with E-state index in [2.05, 4.69) is 290 Å². The summed E-state index contributed by atoms with van der Waals surface area (Å²) in [5.41, 5.74) is 21.7. The van der Waals surface area contributed by atoms with Crippen molar-refractivity contribution in [1.29, 1.82) is 0 Å². The lowest BCUT2D eigenvalue weighted by atomic mass is 9.84. The zero-order valence-corrected chi connectivity index (χ0v) is 42.8. The highest BCUT2D eigenvalue weighted by Crippen LogP contribution is 2.41. The van der Waals surface area contributed by atoms with Crippen molar-refractivity contribution >= 4 is 77.7 Å². The van der Waals surface area contributed by atoms with Gasteiger partial charge in [-0.3, -0.25) is 0 Å². The second-order valence-corrected chi connectivity index (χ2v) is 19.8. The van der Waals surface area contributed by atoms with Gasteiger partial charge < -0.3 is 24.7 Å². The van der Waals surface area contributed by atoms with E-state index in [1.54, 1.807) is 0 Å². The third kappa shape index (κ3) is 8.54. The van der Waals surface area contributed by atoms with Gasteiger partial charge in [-0.15, -0.1) is 0 Å². The third-order valence-corrected chi connectivity index (χ3v) is 15.5. The van der Waals surface area contributed by atoms with Crippen LogP contribution in [0.5, 0.6) is 0 Å². The van der Waals surface area contributed by atoms with Crippen LogP contribution in [0.15, 0.2) is 231 Å². The van der Waals surface area contributed by atoms with E-state index in [4.69, 9.17) is 0 Å². The van der Waals surface area contributed by atoms with Crippen molar-refractivity contribution in [3.05, 3.63) is 275 Å². The van der Waals surface area contributed by atoms with Crippen LogP contribution in [0.25, 0.3) is 43.6 Å². The number of benzene rings is 10. The fourth-order valence-corrected chi connectivity index (χ4v) is 11.5. The molecule has 362 valence electrons. The van der Waals surface area contributed by atoms with E-state index in [9.17, 15) is 0 Å². The molecule has 10 aromatic carbocycles. The summed E-state index contributed by atoms with van der Waals surface area (Å²) in [7, 11) is 2.17. The van der Waals surface area contributed by atoms with Crippen molar-refractivity contribution in [2.45, 2.75) is 52.6 Å². The minimum Gasteiger partial charge on any atom is -0.355 e. The van der Waals surface area contributed by atoms with E-state index in [1.807, 2.05) is 0 Å². The molecule has 0 radical (unpaired) electrons. The highest BCUT2D eigenvalue weighted by atomic mass is 15.1. The largest absolute Gasteiger partial charge is 0.355 e. The van der Waals surface area contributed by atoms with Gasteiger partial charge in [0.2, 0.25) is 0 Å². The van der Waals surface area contributed by atoms with Gasteiger partial charge in [-0.05, 0) is 169 Å². The number of aryl methyl sites for hydroxylation is 4. The summed E-state index contributed by atoms with van der Waals surface area (Å²) in [6, 6.07) is 85.2. The van der Waals surface area contributed by atoms with Gasteiger partial charge in [0.05, 0.1) is 0 Å². The number of rotatable bonds is 14. The van der Waals surface area contributed by atoms with Gasteiger partial charge in [0.15, 0.2) is 0 Å². The number of anilines is 6. The molecule has 0 spiro atoms. The summed E-state index contributed by atoms with van der Waals surface area (Å²) in [4.78, 5) is 2.30. The first-order valence-electron chi connectivity index (χ1n) is 26.1. The minimum atomic E-state index is 0.0243. The van der Waals surface area contributed by atoms with Crippen molar-refractivity contribution in [2.75, 3.05) is 22.6 Å². The van der Waals surface area contributed by atoms with E-state index in [1.165, 1.54) is 88.1 Å². The average Bonchev–Trinajstić information content (AvgIpc) is 3.95. The molecule has 0 saturated heterocycles. The highest BCUT2D eigenvalue weighted by Gasteiger charge is 2.23. The van der Waals surface area contributed by atoms with Gasteiger partial charge in [0.25, 0.3) is 0 Å². The molecule has 5 nitrogen and oxygen atoms in total. The van der Waals surface area contributed by atoms with Gasteiger partial charge in [-0.1, -0.05) is 133 Å². The molecule has 0 aliphatic carbocycles. The number of hydrogen-bond donors (Lipinski definition) is 2. The average molecular weight is 960 g/mol. The lowest BCUT2D eigenvalue weighted by molar-refractivity contribution is 0.827. The molecule has 2 heterocycles. The summed E-state index contributed by atoms with van der Waals surface area (Å²) in [6.07, 6.45) is 0.